The lowest BCUT2D eigenvalue weighted by Crippen LogP contribution is -1.84. The van der Waals surface area contributed by atoms with Crippen molar-refractivity contribution in [2.24, 2.45) is 0 Å². The van der Waals surface area contributed by atoms with Gasteiger partial charge in [0.25, 0.3) is 6.43 Å². The minimum atomic E-state index is -2.50. The van der Waals surface area contributed by atoms with Crippen LogP contribution >= 0.6 is 22.9 Å². The van der Waals surface area contributed by atoms with Gasteiger partial charge in [0.1, 0.15) is 4.34 Å². The van der Waals surface area contributed by atoms with E-state index in [2.05, 4.69) is 0 Å². The molecule has 0 spiro atoms. The Morgan fingerprint density at radius 1 is 1.36 bits per heavy atom. The molecule has 1 aromatic heterocycles. The number of aryl methyl sites for hydroxylation is 1. The van der Waals surface area contributed by atoms with Crippen molar-refractivity contribution in [3.05, 3.63) is 33.7 Å². The normalized spacial score (nSPS) is 11.5. The summed E-state index contributed by atoms with van der Waals surface area (Å²) in [5, 5.41) is 0.609. The molecule has 0 aliphatic heterocycles. The number of alkyl halides is 2. The van der Waals surface area contributed by atoms with Crippen molar-refractivity contribution in [2.75, 3.05) is 0 Å². The molecule has 14 heavy (non-hydrogen) atoms. The molecule has 0 aliphatic rings. The summed E-state index contributed by atoms with van der Waals surface area (Å²) in [6.45, 7) is 1.82. The van der Waals surface area contributed by atoms with Crippen LogP contribution in [-0.2, 0) is 0 Å². The van der Waals surface area contributed by atoms with Gasteiger partial charge in [0.05, 0.1) is 5.56 Å². The molecule has 0 saturated heterocycles. The highest BCUT2D eigenvalue weighted by Crippen LogP contribution is 2.41. The lowest BCUT2D eigenvalue weighted by Gasteiger charge is -2.00. The van der Waals surface area contributed by atoms with E-state index in [1.807, 2.05) is 25.1 Å². The summed E-state index contributed by atoms with van der Waals surface area (Å²) in [7, 11) is 0. The van der Waals surface area contributed by atoms with Crippen LogP contribution in [0.5, 0.6) is 0 Å². The van der Waals surface area contributed by atoms with Crippen molar-refractivity contribution in [2.45, 2.75) is 13.3 Å². The molecule has 74 valence electrons. The Kier molecular flexibility index (Phi) is 2.45. The molecule has 0 nitrogen and oxygen atoms in total. The van der Waals surface area contributed by atoms with Gasteiger partial charge in [-0.2, -0.15) is 0 Å². The Labute approximate surface area is 89.1 Å². The molecule has 2 aromatic rings. The van der Waals surface area contributed by atoms with Gasteiger partial charge in [0, 0.05) is 10.1 Å². The van der Waals surface area contributed by atoms with Crippen LogP contribution in [0.15, 0.2) is 18.2 Å². The van der Waals surface area contributed by atoms with E-state index >= 15 is 0 Å². The van der Waals surface area contributed by atoms with E-state index in [0.717, 1.165) is 10.3 Å². The molecule has 2 rings (SSSR count). The standard InChI is InChI=1S/C10H7ClF2S/c1-5-3-2-4-6-7(5)8(10(12)13)9(11)14-6/h2-4,10H,1H3. The van der Waals surface area contributed by atoms with E-state index in [1.165, 1.54) is 11.3 Å². The monoisotopic (exact) mass is 232 g/mol. The van der Waals surface area contributed by atoms with Crippen LogP contribution in [-0.4, -0.2) is 0 Å². The highest BCUT2D eigenvalue weighted by atomic mass is 35.5. The maximum atomic E-state index is 12.7. The highest BCUT2D eigenvalue weighted by molar-refractivity contribution is 7.23. The van der Waals surface area contributed by atoms with Gasteiger partial charge in [-0.25, -0.2) is 8.78 Å². The molecule has 0 unspecified atom stereocenters. The number of fused-ring (bicyclic) bond motifs is 1. The lowest BCUT2D eigenvalue weighted by atomic mass is 10.1. The summed E-state index contributed by atoms with van der Waals surface area (Å²) in [5.41, 5.74) is 0.825. The quantitative estimate of drug-likeness (QED) is 0.663. The van der Waals surface area contributed by atoms with Crippen LogP contribution < -0.4 is 0 Å². The zero-order valence-electron chi connectivity index (χ0n) is 7.35. The van der Waals surface area contributed by atoms with Crippen molar-refractivity contribution in [3.63, 3.8) is 0 Å². The van der Waals surface area contributed by atoms with Gasteiger partial charge in [-0.15, -0.1) is 11.3 Å². The van der Waals surface area contributed by atoms with E-state index in [9.17, 15) is 8.78 Å². The molecule has 0 saturated carbocycles. The fourth-order valence-corrected chi connectivity index (χ4v) is 2.96. The minimum Gasteiger partial charge on any atom is -0.205 e. The zero-order valence-corrected chi connectivity index (χ0v) is 8.92. The first-order valence-electron chi connectivity index (χ1n) is 4.07. The van der Waals surface area contributed by atoms with E-state index < -0.39 is 6.43 Å². The van der Waals surface area contributed by atoms with E-state index in [4.69, 9.17) is 11.6 Å². The van der Waals surface area contributed by atoms with Crippen molar-refractivity contribution in [1.82, 2.24) is 0 Å². The number of rotatable bonds is 1. The molecule has 0 bridgehead atoms. The third-order valence-electron chi connectivity index (χ3n) is 2.13. The summed E-state index contributed by atoms with van der Waals surface area (Å²) < 4.78 is 26.4. The van der Waals surface area contributed by atoms with Crippen molar-refractivity contribution in [3.8, 4) is 0 Å². The van der Waals surface area contributed by atoms with Gasteiger partial charge in [-0.1, -0.05) is 23.7 Å². The topological polar surface area (TPSA) is 0 Å². The number of hydrogen-bond acceptors (Lipinski definition) is 1. The molecule has 0 fully saturated rings. The molecule has 0 aliphatic carbocycles. The second-order valence-electron chi connectivity index (χ2n) is 3.04. The molecule has 0 N–H and O–H groups in total. The first kappa shape index (κ1) is 9.87. The fraction of sp³-hybridized carbons (Fsp3) is 0.200. The van der Waals surface area contributed by atoms with Gasteiger partial charge in [0.2, 0.25) is 0 Å². The Morgan fingerprint density at radius 2 is 2.07 bits per heavy atom. The average Bonchev–Trinajstić information content (AvgIpc) is 2.42. The summed E-state index contributed by atoms with van der Waals surface area (Å²) in [5.74, 6) is 0. The van der Waals surface area contributed by atoms with Crippen LogP contribution in [0, 0.1) is 6.92 Å². The van der Waals surface area contributed by atoms with E-state index in [0.29, 0.717) is 5.39 Å². The molecular formula is C10H7ClF2S. The van der Waals surface area contributed by atoms with Crippen LogP contribution in [0.2, 0.25) is 4.34 Å². The first-order valence-corrected chi connectivity index (χ1v) is 5.26. The Morgan fingerprint density at radius 3 is 2.71 bits per heavy atom. The number of thiophene rings is 1. The van der Waals surface area contributed by atoms with Gasteiger partial charge in [-0.05, 0) is 18.6 Å². The molecule has 4 heteroatoms. The second-order valence-corrected chi connectivity index (χ2v) is 4.69. The Balaban J connectivity index is 2.86. The highest BCUT2D eigenvalue weighted by Gasteiger charge is 2.19. The third kappa shape index (κ3) is 1.41. The smallest absolute Gasteiger partial charge is 0.205 e. The van der Waals surface area contributed by atoms with Crippen LogP contribution in [0.1, 0.15) is 17.6 Å². The lowest BCUT2D eigenvalue weighted by molar-refractivity contribution is 0.153. The molecular weight excluding hydrogens is 226 g/mol. The van der Waals surface area contributed by atoms with E-state index in [1.54, 1.807) is 0 Å². The summed E-state index contributed by atoms with van der Waals surface area (Å²) in [4.78, 5) is 0. The van der Waals surface area contributed by atoms with Gasteiger partial charge >= 0.3 is 0 Å². The molecule has 0 amide bonds. The van der Waals surface area contributed by atoms with E-state index in [-0.39, 0.29) is 9.90 Å². The van der Waals surface area contributed by atoms with Crippen molar-refractivity contribution in [1.29, 1.82) is 0 Å². The number of halogens is 3. The summed E-state index contributed by atoms with van der Waals surface area (Å²) in [6.07, 6.45) is -2.50. The molecule has 1 heterocycles. The largest absolute Gasteiger partial charge is 0.266 e. The van der Waals surface area contributed by atoms with Gasteiger partial charge < -0.3 is 0 Å². The SMILES string of the molecule is Cc1cccc2sc(Cl)c(C(F)F)c12. The zero-order chi connectivity index (χ0) is 10.3. The number of hydrogen-bond donors (Lipinski definition) is 0. The predicted molar refractivity (Wildman–Crippen MR) is 56.5 cm³/mol. The third-order valence-corrected chi connectivity index (χ3v) is 3.53. The number of benzene rings is 1. The van der Waals surface area contributed by atoms with Gasteiger partial charge in [0.15, 0.2) is 0 Å². The molecule has 0 radical (unpaired) electrons. The van der Waals surface area contributed by atoms with Crippen molar-refractivity contribution < 1.29 is 8.78 Å². The maximum Gasteiger partial charge on any atom is 0.266 e. The summed E-state index contributed by atoms with van der Waals surface area (Å²) in [6, 6.07) is 5.47. The van der Waals surface area contributed by atoms with Crippen molar-refractivity contribution >= 4 is 33.0 Å². The minimum absolute atomic E-state index is 0.0234. The Hall–Kier alpha value is -0.670. The fourth-order valence-electron chi connectivity index (χ4n) is 1.52. The van der Waals surface area contributed by atoms with Gasteiger partial charge in [-0.3, -0.25) is 0 Å². The predicted octanol–water partition coefficient (Wildman–Crippen LogP) is 4.80. The average molecular weight is 233 g/mol. The second kappa shape index (κ2) is 3.48. The van der Waals surface area contributed by atoms with Crippen LogP contribution in [0.3, 0.4) is 0 Å². The first-order chi connectivity index (χ1) is 6.61. The van der Waals surface area contributed by atoms with Crippen LogP contribution in [0.25, 0.3) is 10.1 Å². The molecule has 0 atom stereocenters. The maximum absolute atomic E-state index is 12.7. The molecule has 1 aromatic carbocycles. The summed E-state index contributed by atoms with van der Waals surface area (Å²) >= 11 is 6.98. The Bertz CT molecular complexity index is 476. The van der Waals surface area contributed by atoms with Crippen LogP contribution in [0.4, 0.5) is 8.78 Å².